The Kier molecular flexibility index (Phi) is 5.72. The maximum atomic E-state index is 12.0. The van der Waals surface area contributed by atoms with Gasteiger partial charge < -0.3 is 9.84 Å². The molecule has 0 aromatic heterocycles. The molecule has 0 bridgehead atoms. The molecule has 2 rings (SSSR count). The average Bonchev–Trinajstić information content (AvgIpc) is 2.54. The van der Waals surface area contributed by atoms with Crippen LogP contribution in [0.15, 0.2) is 60.7 Å². The van der Waals surface area contributed by atoms with E-state index in [1.807, 2.05) is 60.7 Å². The molecule has 1 N–H and O–H groups in total. The highest BCUT2D eigenvalue weighted by molar-refractivity contribution is 5.73. The molecule has 0 fully saturated rings. The Morgan fingerprint density at radius 2 is 1.50 bits per heavy atom. The zero-order valence-electron chi connectivity index (χ0n) is 12.1. The van der Waals surface area contributed by atoms with Gasteiger partial charge in [0.25, 0.3) is 0 Å². The van der Waals surface area contributed by atoms with Gasteiger partial charge in [-0.25, -0.2) is 0 Å². The van der Waals surface area contributed by atoms with Crippen molar-refractivity contribution < 1.29 is 19.4 Å². The van der Waals surface area contributed by atoms with E-state index in [0.717, 1.165) is 11.1 Å². The molecule has 0 aliphatic rings. The Balaban J connectivity index is 1.95. The van der Waals surface area contributed by atoms with Crippen LogP contribution in [-0.4, -0.2) is 17.0 Å². The summed E-state index contributed by atoms with van der Waals surface area (Å²) in [7, 11) is 0. The normalized spacial score (nSPS) is 11.6. The van der Waals surface area contributed by atoms with Crippen LogP contribution in [0.2, 0.25) is 0 Å². The fourth-order valence-electron chi connectivity index (χ4n) is 2.24. The third kappa shape index (κ3) is 5.05. The fourth-order valence-corrected chi connectivity index (χ4v) is 2.24. The number of esters is 1. The molecule has 0 aliphatic heterocycles. The SMILES string of the molecule is O=C(O)C[C@@H](CC(=O)OCc1ccccc1)c1ccccc1. The van der Waals surface area contributed by atoms with Crippen LogP contribution < -0.4 is 0 Å². The first-order valence-electron chi connectivity index (χ1n) is 7.11. The number of hydrogen-bond acceptors (Lipinski definition) is 3. The van der Waals surface area contributed by atoms with Gasteiger partial charge in [-0.1, -0.05) is 60.7 Å². The largest absolute Gasteiger partial charge is 0.481 e. The minimum absolute atomic E-state index is 0.0587. The second-order valence-electron chi connectivity index (χ2n) is 5.06. The van der Waals surface area contributed by atoms with Gasteiger partial charge in [0.05, 0.1) is 12.8 Å². The van der Waals surface area contributed by atoms with Crippen molar-refractivity contribution in [1.29, 1.82) is 0 Å². The zero-order chi connectivity index (χ0) is 15.8. The lowest BCUT2D eigenvalue weighted by molar-refractivity contribution is -0.145. The summed E-state index contributed by atoms with van der Waals surface area (Å²) in [4.78, 5) is 23.0. The fraction of sp³-hybridized carbons (Fsp3) is 0.222. The monoisotopic (exact) mass is 298 g/mol. The van der Waals surface area contributed by atoms with Gasteiger partial charge in [-0.2, -0.15) is 0 Å². The molecule has 0 amide bonds. The van der Waals surface area contributed by atoms with Crippen molar-refractivity contribution in [3.8, 4) is 0 Å². The van der Waals surface area contributed by atoms with Crippen molar-refractivity contribution >= 4 is 11.9 Å². The lowest BCUT2D eigenvalue weighted by atomic mass is 9.92. The van der Waals surface area contributed by atoms with Crippen molar-refractivity contribution in [3.05, 3.63) is 71.8 Å². The van der Waals surface area contributed by atoms with Gasteiger partial charge in [0.1, 0.15) is 6.61 Å². The van der Waals surface area contributed by atoms with Gasteiger partial charge in [0, 0.05) is 5.92 Å². The number of carboxylic acids is 1. The highest BCUT2D eigenvalue weighted by atomic mass is 16.5. The minimum Gasteiger partial charge on any atom is -0.481 e. The summed E-state index contributed by atoms with van der Waals surface area (Å²) < 4.78 is 5.23. The lowest BCUT2D eigenvalue weighted by Crippen LogP contribution is -2.14. The molecule has 4 heteroatoms. The summed E-state index contributed by atoms with van der Waals surface area (Å²) in [6.07, 6.45) is -0.0341. The van der Waals surface area contributed by atoms with Crippen molar-refractivity contribution in [3.63, 3.8) is 0 Å². The predicted octanol–water partition coefficient (Wildman–Crippen LogP) is 3.38. The molecule has 0 saturated heterocycles. The molecular weight excluding hydrogens is 280 g/mol. The number of hydrogen-bond donors (Lipinski definition) is 1. The Hall–Kier alpha value is -2.62. The van der Waals surface area contributed by atoms with Gasteiger partial charge in [-0.15, -0.1) is 0 Å². The molecule has 0 heterocycles. The molecule has 22 heavy (non-hydrogen) atoms. The zero-order valence-corrected chi connectivity index (χ0v) is 12.1. The van der Waals surface area contributed by atoms with Gasteiger partial charge in [-0.3, -0.25) is 9.59 Å². The molecule has 0 unspecified atom stereocenters. The molecule has 1 atom stereocenters. The standard InChI is InChI=1S/C18H18O4/c19-17(20)11-16(15-9-5-2-6-10-15)12-18(21)22-13-14-7-3-1-4-8-14/h1-10,16H,11-13H2,(H,19,20)/t16-/m0/s1. The van der Waals surface area contributed by atoms with Crippen molar-refractivity contribution in [1.82, 2.24) is 0 Å². The molecule has 114 valence electrons. The van der Waals surface area contributed by atoms with E-state index in [1.165, 1.54) is 0 Å². The summed E-state index contributed by atoms with van der Waals surface area (Å²) >= 11 is 0. The first-order chi connectivity index (χ1) is 10.6. The van der Waals surface area contributed by atoms with Crippen LogP contribution in [0.3, 0.4) is 0 Å². The number of aliphatic carboxylic acids is 1. The highest BCUT2D eigenvalue weighted by Gasteiger charge is 2.20. The molecule has 0 radical (unpaired) electrons. The van der Waals surface area contributed by atoms with E-state index in [-0.39, 0.29) is 31.3 Å². The second kappa shape index (κ2) is 7.98. The molecule has 2 aromatic carbocycles. The van der Waals surface area contributed by atoms with E-state index in [2.05, 4.69) is 0 Å². The summed E-state index contributed by atoms with van der Waals surface area (Å²) in [5, 5.41) is 9.01. The van der Waals surface area contributed by atoms with Gasteiger partial charge in [0.2, 0.25) is 0 Å². The Morgan fingerprint density at radius 1 is 0.909 bits per heavy atom. The van der Waals surface area contributed by atoms with E-state index >= 15 is 0 Å². The first-order valence-corrected chi connectivity index (χ1v) is 7.11. The van der Waals surface area contributed by atoms with E-state index < -0.39 is 5.97 Å². The molecule has 2 aromatic rings. The molecule has 0 saturated carbocycles. The van der Waals surface area contributed by atoms with E-state index in [0.29, 0.717) is 0 Å². The van der Waals surface area contributed by atoms with Crippen molar-refractivity contribution in [2.45, 2.75) is 25.4 Å². The van der Waals surface area contributed by atoms with Crippen LogP contribution in [0.1, 0.15) is 29.9 Å². The van der Waals surface area contributed by atoms with E-state index in [4.69, 9.17) is 9.84 Å². The van der Waals surface area contributed by atoms with Crippen LogP contribution in [-0.2, 0) is 20.9 Å². The maximum Gasteiger partial charge on any atom is 0.306 e. The highest BCUT2D eigenvalue weighted by Crippen LogP contribution is 2.24. The molecule has 0 spiro atoms. The van der Waals surface area contributed by atoms with E-state index in [9.17, 15) is 9.59 Å². The summed E-state index contributed by atoms with van der Waals surface area (Å²) in [6, 6.07) is 18.6. The van der Waals surface area contributed by atoms with Crippen LogP contribution >= 0.6 is 0 Å². The van der Waals surface area contributed by atoms with E-state index in [1.54, 1.807) is 0 Å². The van der Waals surface area contributed by atoms with Crippen LogP contribution in [0.4, 0.5) is 0 Å². The number of benzene rings is 2. The average molecular weight is 298 g/mol. The van der Waals surface area contributed by atoms with Gasteiger partial charge in [-0.05, 0) is 11.1 Å². The number of carbonyl (C=O) groups is 2. The van der Waals surface area contributed by atoms with Gasteiger partial charge in [0.15, 0.2) is 0 Å². The Labute approximate surface area is 129 Å². The van der Waals surface area contributed by atoms with Crippen LogP contribution in [0.25, 0.3) is 0 Å². The smallest absolute Gasteiger partial charge is 0.306 e. The second-order valence-corrected chi connectivity index (χ2v) is 5.06. The first kappa shape index (κ1) is 15.8. The van der Waals surface area contributed by atoms with Gasteiger partial charge >= 0.3 is 11.9 Å². The Morgan fingerprint density at radius 3 is 2.09 bits per heavy atom. The summed E-state index contributed by atoms with van der Waals surface area (Å²) in [6.45, 7) is 0.203. The lowest BCUT2D eigenvalue weighted by Gasteiger charge is -2.14. The number of rotatable bonds is 7. The molecular formula is C18H18O4. The quantitative estimate of drug-likeness (QED) is 0.796. The third-order valence-corrected chi connectivity index (χ3v) is 3.35. The van der Waals surface area contributed by atoms with Crippen LogP contribution in [0.5, 0.6) is 0 Å². The number of carbonyl (C=O) groups excluding carboxylic acids is 1. The maximum absolute atomic E-state index is 12.0. The minimum atomic E-state index is -0.926. The summed E-state index contributed by atoms with van der Waals surface area (Å²) in [5.74, 6) is -1.69. The number of ether oxygens (including phenoxy) is 1. The van der Waals surface area contributed by atoms with Crippen LogP contribution in [0, 0.1) is 0 Å². The summed E-state index contributed by atoms with van der Waals surface area (Å²) in [5.41, 5.74) is 1.74. The van der Waals surface area contributed by atoms with Crippen molar-refractivity contribution in [2.75, 3.05) is 0 Å². The van der Waals surface area contributed by atoms with Crippen molar-refractivity contribution in [2.24, 2.45) is 0 Å². The number of carboxylic acid groups (broad SMARTS) is 1. The molecule has 0 aliphatic carbocycles. The topological polar surface area (TPSA) is 63.6 Å². The predicted molar refractivity (Wildman–Crippen MR) is 82.3 cm³/mol. The third-order valence-electron chi connectivity index (χ3n) is 3.35. The Bertz CT molecular complexity index is 607. The molecule has 4 nitrogen and oxygen atoms in total.